The summed E-state index contributed by atoms with van der Waals surface area (Å²) in [6.45, 7) is 1.86. The molecule has 0 saturated carbocycles. The molecule has 0 aliphatic carbocycles. The molecule has 7 heteroatoms. The van der Waals surface area contributed by atoms with Crippen molar-refractivity contribution in [3.8, 4) is 5.75 Å². The van der Waals surface area contributed by atoms with Gasteiger partial charge in [0.2, 0.25) is 0 Å². The minimum atomic E-state index is -0.666. The number of benzene rings is 2. The molecule has 0 unspecified atom stereocenters. The SMILES string of the molecule is Cc1cc(Br)cc(NC(=O)c2cc(O)ccc2[N+](=O)[O-])c1. The van der Waals surface area contributed by atoms with E-state index in [1.54, 1.807) is 12.1 Å². The molecule has 0 aliphatic heterocycles. The number of nitrogens with zero attached hydrogens (tertiary/aromatic N) is 1. The lowest BCUT2D eigenvalue weighted by molar-refractivity contribution is -0.385. The van der Waals surface area contributed by atoms with Crippen molar-refractivity contribution in [3.63, 3.8) is 0 Å². The van der Waals surface area contributed by atoms with Gasteiger partial charge in [0.25, 0.3) is 11.6 Å². The molecular formula is C14H11BrN2O4. The maximum Gasteiger partial charge on any atom is 0.282 e. The molecule has 2 N–H and O–H groups in total. The first kappa shape index (κ1) is 15.0. The number of hydrogen-bond donors (Lipinski definition) is 2. The molecule has 0 saturated heterocycles. The summed E-state index contributed by atoms with van der Waals surface area (Å²) in [5.74, 6) is -0.869. The number of carbonyl (C=O) groups excluding carboxylic acids is 1. The number of phenolic OH excluding ortho intramolecular Hbond substituents is 1. The second-order valence-electron chi connectivity index (χ2n) is 4.43. The molecule has 2 aromatic carbocycles. The van der Waals surface area contributed by atoms with Crippen molar-refractivity contribution in [1.29, 1.82) is 0 Å². The van der Waals surface area contributed by atoms with Crippen LogP contribution in [0.5, 0.6) is 5.75 Å². The van der Waals surface area contributed by atoms with E-state index >= 15 is 0 Å². The minimum Gasteiger partial charge on any atom is -0.508 e. The van der Waals surface area contributed by atoms with Crippen LogP contribution in [0.2, 0.25) is 0 Å². The summed E-state index contributed by atoms with van der Waals surface area (Å²) in [4.78, 5) is 22.4. The van der Waals surface area contributed by atoms with Gasteiger partial charge in [0.05, 0.1) is 4.92 Å². The van der Waals surface area contributed by atoms with Gasteiger partial charge >= 0.3 is 0 Å². The Morgan fingerprint density at radius 1 is 1.29 bits per heavy atom. The summed E-state index contributed by atoms with van der Waals surface area (Å²) in [7, 11) is 0. The molecule has 21 heavy (non-hydrogen) atoms. The largest absolute Gasteiger partial charge is 0.508 e. The molecule has 2 rings (SSSR count). The molecule has 1 amide bonds. The lowest BCUT2D eigenvalue weighted by atomic mass is 10.1. The van der Waals surface area contributed by atoms with Crippen LogP contribution in [-0.4, -0.2) is 15.9 Å². The number of phenols is 1. The third kappa shape index (κ3) is 3.57. The monoisotopic (exact) mass is 350 g/mol. The summed E-state index contributed by atoms with van der Waals surface area (Å²) in [6, 6.07) is 8.61. The van der Waals surface area contributed by atoms with Crippen LogP contribution < -0.4 is 5.32 Å². The third-order valence-corrected chi connectivity index (χ3v) is 3.18. The highest BCUT2D eigenvalue weighted by atomic mass is 79.9. The molecule has 6 nitrogen and oxygen atoms in total. The van der Waals surface area contributed by atoms with Gasteiger partial charge in [-0.2, -0.15) is 0 Å². The number of nitro benzene ring substituents is 1. The Kier molecular flexibility index (Phi) is 4.23. The summed E-state index contributed by atoms with van der Waals surface area (Å²) in [6.07, 6.45) is 0. The van der Waals surface area contributed by atoms with Crippen LogP contribution in [0.1, 0.15) is 15.9 Å². The quantitative estimate of drug-likeness (QED) is 0.652. The molecule has 0 fully saturated rings. The Labute approximate surface area is 128 Å². The van der Waals surface area contributed by atoms with E-state index in [0.29, 0.717) is 5.69 Å². The summed E-state index contributed by atoms with van der Waals surface area (Å²) in [5.41, 5.74) is 0.865. The van der Waals surface area contributed by atoms with Crippen molar-refractivity contribution in [3.05, 3.63) is 62.1 Å². The average Bonchev–Trinajstić information content (AvgIpc) is 2.36. The highest BCUT2D eigenvalue weighted by molar-refractivity contribution is 9.10. The van der Waals surface area contributed by atoms with Gasteiger partial charge in [-0.15, -0.1) is 0 Å². The molecule has 0 atom stereocenters. The molecule has 0 bridgehead atoms. The number of amides is 1. The van der Waals surface area contributed by atoms with Crippen LogP contribution in [0.4, 0.5) is 11.4 Å². The third-order valence-electron chi connectivity index (χ3n) is 2.72. The van der Waals surface area contributed by atoms with Gasteiger partial charge in [0, 0.05) is 16.2 Å². The van der Waals surface area contributed by atoms with E-state index in [4.69, 9.17) is 0 Å². The maximum atomic E-state index is 12.2. The van der Waals surface area contributed by atoms with E-state index in [-0.39, 0.29) is 17.0 Å². The highest BCUT2D eigenvalue weighted by Gasteiger charge is 2.21. The molecule has 108 valence electrons. The zero-order chi connectivity index (χ0) is 15.6. The highest BCUT2D eigenvalue weighted by Crippen LogP contribution is 2.25. The number of halogens is 1. The number of rotatable bonds is 3. The van der Waals surface area contributed by atoms with E-state index in [2.05, 4.69) is 21.2 Å². The van der Waals surface area contributed by atoms with E-state index < -0.39 is 10.8 Å². The first-order valence-electron chi connectivity index (χ1n) is 5.93. The lowest BCUT2D eigenvalue weighted by Gasteiger charge is -2.08. The van der Waals surface area contributed by atoms with Crippen molar-refractivity contribution in [2.75, 3.05) is 5.32 Å². The average molecular weight is 351 g/mol. The van der Waals surface area contributed by atoms with Crippen molar-refractivity contribution in [1.82, 2.24) is 0 Å². The van der Waals surface area contributed by atoms with Crippen molar-refractivity contribution in [2.24, 2.45) is 0 Å². The van der Waals surface area contributed by atoms with Crippen LogP contribution in [-0.2, 0) is 0 Å². The number of aromatic hydroxyl groups is 1. The number of aryl methyl sites for hydroxylation is 1. The van der Waals surface area contributed by atoms with E-state index in [0.717, 1.165) is 28.2 Å². The number of carbonyl (C=O) groups is 1. The Morgan fingerprint density at radius 2 is 2.00 bits per heavy atom. The van der Waals surface area contributed by atoms with Crippen LogP contribution >= 0.6 is 15.9 Å². The zero-order valence-electron chi connectivity index (χ0n) is 11.0. The second kappa shape index (κ2) is 5.92. The fourth-order valence-electron chi connectivity index (χ4n) is 1.87. The summed E-state index contributed by atoms with van der Waals surface area (Å²) >= 11 is 3.31. The van der Waals surface area contributed by atoms with Crippen LogP contribution in [0.3, 0.4) is 0 Å². The van der Waals surface area contributed by atoms with Gasteiger partial charge < -0.3 is 10.4 Å². The topological polar surface area (TPSA) is 92.5 Å². The first-order chi connectivity index (χ1) is 9.86. The molecule has 0 aliphatic rings. The normalized spacial score (nSPS) is 10.2. The first-order valence-corrected chi connectivity index (χ1v) is 6.72. The zero-order valence-corrected chi connectivity index (χ0v) is 12.5. The van der Waals surface area contributed by atoms with Crippen molar-refractivity contribution in [2.45, 2.75) is 6.92 Å². The predicted octanol–water partition coefficient (Wildman–Crippen LogP) is 3.62. The molecular weight excluding hydrogens is 340 g/mol. The molecule has 0 aromatic heterocycles. The van der Waals surface area contributed by atoms with E-state index in [1.807, 2.05) is 13.0 Å². The van der Waals surface area contributed by atoms with Gasteiger partial charge in [0.1, 0.15) is 11.3 Å². The number of hydrogen-bond acceptors (Lipinski definition) is 4. The van der Waals surface area contributed by atoms with Gasteiger partial charge in [-0.25, -0.2) is 0 Å². The number of anilines is 1. The Bertz CT molecular complexity index is 711. The second-order valence-corrected chi connectivity index (χ2v) is 5.35. The van der Waals surface area contributed by atoms with E-state index in [9.17, 15) is 20.0 Å². The van der Waals surface area contributed by atoms with Crippen molar-refractivity contribution < 1.29 is 14.8 Å². The molecule has 0 heterocycles. The fraction of sp³-hybridized carbons (Fsp3) is 0.0714. The molecule has 0 radical (unpaired) electrons. The maximum absolute atomic E-state index is 12.2. The Morgan fingerprint density at radius 3 is 2.62 bits per heavy atom. The lowest BCUT2D eigenvalue weighted by Crippen LogP contribution is -2.14. The standard InChI is InChI=1S/C14H11BrN2O4/c1-8-4-9(15)6-10(5-8)16-14(19)12-7-11(18)2-3-13(12)17(20)21/h2-7,18H,1H3,(H,16,19). The van der Waals surface area contributed by atoms with Crippen molar-refractivity contribution >= 4 is 33.2 Å². The number of nitro groups is 1. The predicted molar refractivity (Wildman–Crippen MR) is 81.6 cm³/mol. The number of nitrogens with one attached hydrogen (secondary N) is 1. The molecule has 0 spiro atoms. The smallest absolute Gasteiger partial charge is 0.282 e. The Balaban J connectivity index is 2.36. The summed E-state index contributed by atoms with van der Waals surface area (Å²) in [5, 5.41) is 22.9. The summed E-state index contributed by atoms with van der Waals surface area (Å²) < 4.78 is 0.781. The molecule has 2 aromatic rings. The van der Waals surface area contributed by atoms with Gasteiger partial charge in [0.15, 0.2) is 0 Å². The van der Waals surface area contributed by atoms with Gasteiger partial charge in [-0.05, 0) is 42.8 Å². The fourth-order valence-corrected chi connectivity index (χ4v) is 2.48. The van der Waals surface area contributed by atoms with E-state index in [1.165, 1.54) is 0 Å². The minimum absolute atomic E-state index is 0.197. The van der Waals surface area contributed by atoms with Crippen LogP contribution in [0.15, 0.2) is 40.9 Å². The van der Waals surface area contributed by atoms with Crippen LogP contribution in [0.25, 0.3) is 0 Å². The van der Waals surface area contributed by atoms with Crippen LogP contribution in [0, 0.1) is 17.0 Å². The Hall–Kier alpha value is -2.41. The van der Waals surface area contributed by atoms with Gasteiger partial charge in [-0.1, -0.05) is 15.9 Å². The van der Waals surface area contributed by atoms with Gasteiger partial charge in [-0.3, -0.25) is 14.9 Å².